The maximum atomic E-state index is 4.88. The van der Waals surface area contributed by atoms with Crippen molar-refractivity contribution in [2.75, 3.05) is 0 Å². The zero-order valence-corrected chi connectivity index (χ0v) is 16.2. The topological polar surface area (TPSA) is 28.7 Å². The molecule has 0 aliphatic rings. The van der Waals surface area contributed by atoms with Crippen LogP contribution in [0.25, 0.3) is 44.0 Å². The molecule has 0 amide bonds. The molecular weight excluding hydrogens is 384 g/mol. The van der Waals surface area contributed by atoms with Gasteiger partial charge in [0, 0.05) is 10.8 Å². The van der Waals surface area contributed by atoms with Gasteiger partial charge in [0.2, 0.25) is 0 Å². The van der Waals surface area contributed by atoms with E-state index in [9.17, 15) is 0 Å². The first-order valence-corrected chi connectivity index (χ1v) is 9.10. The number of aromatic nitrogens is 2. The Morgan fingerprint density at radius 3 is 1.86 bits per heavy atom. The van der Waals surface area contributed by atoms with Crippen molar-refractivity contribution >= 4 is 32.6 Å². The molecule has 0 bridgehead atoms. The second kappa shape index (κ2) is 7.85. The number of H-pyrrole nitrogens is 1. The van der Waals surface area contributed by atoms with Crippen molar-refractivity contribution < 1.29 is 17.1 Å². The summed E-state index contributed by atoms with van der Waals surface area (Å²) in [7, 11) is 0. The van der Waals surface area contributed by atoms with Gasteiger partial charge in [0.1, 0.15) is 0 Å². The van der Waals surface area contributed by atoms with Crippen LogP contribution in [0.1, 0.15) is 0 Å². The summed E-state index contributed by atoms with van der Waals surface area (Å²) in [6.45, 7) is 0. The summed E-state index contributed by atoms with van der Waals surface area (Å²) in [5, 5.41) is 4.95. The molecule has 0 saturated heterocycles. The molecule has 1 heterocycles. The van der Waals surface area contributed by atoms with Gasteiger partial charge in [0.05, 0.1) is 16.9 Å². The Bertz CT molecular complexity index is 1220. The maximum absolute atomic E-state index is 4.88. The van der Waals surface area contributed by atoms with Crippen molar-refractivity contribution in [1.29, 1.82) is 0 Å². The zero-order valence-electron chi connectivity index (χ0n) is 15.1. The molecular formula is C25H18FeN2. The van der Waals surface area contributed by atoms with Gasteiger partial charge in [-0.3, -0.25) is 0 Å². The van der Waals surface area contributed by atoms with Crippen LogP contribution >= 0.6 is 0 Å². The van der Waals surface area contributed by atoms with E-state index in [-0.39, 0.29) is 17.1 Å². The number of aromatic amines is 1. The molecule has 0 aliphatic heterocycles. The van der Waals surface area contributed by atoms with E-state index < -0.39 is 0 Å². The van der Waals surface area contributed by atoms with Crippen LogP contribution in [-0.2, 0) is 17.1 Å². The molecule has 0 atom stereocenters. The number of rotatable bonds is 1. The minimum atomic E-state index is 0. The Kier molecular flexibility index (Phi) is 5.12. The van der Waals surface area contributed by atoms with Crippen LogP contribution < -0.4 is 0 Å². The molecule has 28 heavy (non-hydrogen) atoms. The smallest absolute Gasteiger partial charge is 0.348 e. The molecule has 1 aromatic heterocycles. The van der Waals surface area contributed by atoms with Gasteiger partial charge < -0.3 is 4.98 Å². The minimum Gasteiger partial charge on any atom is -0.348 e. The van der Waals surface area contributed by atoms with E-state index in [4.69, 9.17) is 4.98 Å². The van der Waals surface area contributed by atoms with Gasteiger partial charge in [0.15, 0.2) is 0 Å². The standard InChI is InChI=1S/C20H13N2.C5H5.Fe/c1-2-8-13(7-1)20-21-18-16-11-5-3-9-14(16)15-10-4-6-12-17(15)19(18)22-20;1-2-4-5-3-1;/h1-12H,(H,21,22);1-5H;/q2*-1;+2. The molecule has 136 valence electrons. The Morgan fingerprint density at radius 2 is 1.25 bits per heavy atom. The van der Waals surface area contributed by atoms with E-state index in [1.54, 1.807) is 0 Å². The molecule has 0 saturated carbocycles. The summed E-state index contributed by atoms with van der Waals surface area (Å²) in [5.74, 6) is 0.932. The summed E-state index contributed by atoms with van der Waals surface area (Å²) >= 11 is 0. The first-order valence-electron chi connectivity index (χ1n) is 9.10. The Hall–Kier alpha value is -3.13. The minimum absolute atomic E-state index is 0. The van der Waals surface area contributed by atoms with Crippen molar-refractivity contribution in [3.8, 4) is 11.4 Å². The van der Waals surface area contributed by atoms with Crippen LogP contribution in [0.15, 0.2) is 103 Å². The van der Waals surface area contributed by atoms with Gasteiger partial charge in [-0.2, -0.15) is 30.3 Å². The number of fused-ring (bicyclic) bond motifs is 6. The number of hydrogen-bond acceptors (Lipinski definition) is 1. The Morgan fingerprint density at radius 1 is 0.679 bits per heavy atom. The molecule has 5 aromatic carbocycles. The van der Waals surface area contributed by atoms with Gasteiger partial charge in [-0.05, 0) is 10.8 Å². The maximum Gasteiger partial charge on any atom is 2.00 e. The van der Waals surface area contributed by atoms with Crippen LogP contribution in [0.3, 0.4) is 0 Å². The van der Waals surface area contributed by atoms with Crippen LogP contribution in [0, 0.1) is 0 Å². The molecule has 0 spiro atoms. The zero-order chi connectivity index (χ0) is 18.1. The predicted octanol–water partition coefficient (Wildman–Crippen LogP) is 6.66. The third-order valence-corrected chi connectivity index (χ3v) is 4.86. The van der Waals surface area contributed by atoms with Crippen molar-refractivity contribution in [2.24, 2.45) is 0 Å². The van der Waals surface area contributed by atoms with Gasteiger partial charge >= 0.3 is 17.1 Å². The average molecular weight is 402 g/mol. The van der Waals surface area contributed by atoms with E-state index in [0.29, 0.717) is 0 Å². The number of nitrogens with zero attached hydrogens (tertiary/aromatic N) is 1. The van der Waals surface area contributed by atoms with Gasteiger partial charge in [0.25, 0.3) is 0 Å². The SMILES string of the molecule is [Fe+2].c1cc[cH-]c1.c1ccc2c(c1)c1ccccc1c1[nH]c(-[c-]3cccc3)nc21. The molecule has 3 heteroatoms. The van der Waals surface area contributed by atoms with E-state index in [1.807, 2.05) is 42.5 Å². The monoisotopic (exact) mass is 402 g/mol. The predicted molar refractivity (Wildman–Crippen MR) is 114 cm³/mol. The number of imidazole rings is 1. The van der Waals surface area contributed by atoms with Crippen LogP contribution in [0.4, 0.5) is 0 Å². The first-order chi connectivity index (χ1) is 13.4. The second-order valence-electron chi connectivity index (χ2n) is 6.54. The Balaban J connectivity index is 0.000000282. The third kappa shape index (κ3) is 3.16. The van der Waals surface area contributed by atoms with Crippen molar-refractivity contribution in [2.45, 2.75) is 0 Å². The van der Waals surface area contributed by atoms with E-state index in [0.717, 1.165) is 22.4 Å². The van der Waals surface area contributed by atoms with Crippen LogP contribution in [0.5, 0.6) is 0 Å². The molecule has 0 radical (unpaired) electrons. The van der Waals surface area contributed by atoms with Crippen molar-refractivity contribution in [3.63, 3.8) is 0 Å². The first kappa shape index (κ1) is 18.2. The molecule has 1 N–H and O–H groups in total. The largest absolute Gasteiger partial charge is 2.00 e. The Labute approximate surface area is 174 Å². The fourth-order valence-electron chi connectivity index (χ4n) is 3.61. The molecule has 2 nitrogen and oxygen atoms in total. The normalized spacial score (nSPS) is 10.6. The van der Waals surface area contributed by atoms with Gasteiger partial charge in [-0.15, -0.1) is 0 Å². The van der Waals surface area contributed by atoms with Crippen LogP contribution in [-0.4, -0.2) is 9.97 Å². The fourth-order valence-corrected chi connectivity index (χ4v) is 3.61. The molecule has 0 unspecified atom stereocenters. The molecule has 0 aliphatic carbocycles. The van der Waals surface area contributed by atoms with E-state index in [2.05, 4.69) is 65.6 Å². The summed E-state index contributed by atoms with van der Waals surface area (Å²) in [6, 6.07) is 35.3. The second-order valence-corrected chi connectivity index (χ2v) is 6.54. The summed E-state index contributed by atoms with van der Waals surface area (Å²) in [4.78, 5) is 8.40. The van der Waals surface area contributed by atoms with Crippen molar-refractivity contribution in [1.82, 2.24) is 9.97 Å². The fraction of sp³-hybridized carbons (Fsp3) is 0. The summed E-state index contributed by atoms with van der Waals surface area (Å²) < 4.78 is 0. The van der Waals surface area contributed by atoms with Gasteiger partial charge in [-0.25, -0.2) is 29.2 Å². The number of hydrogen-bond donors (Lipinski definition) is 1. The van der Waals surface area contributed by atoms with E-state index >= 15 is 0 Å². The number of benzene rings is 3. The van der Waals surface area contributed by atoms with E-state index in [1.165, 1.54) is 21.5 Å². The molecule has 6 rings (SSSR count). The van der Waals surface area contributed by atoms with Crippen LogP contribution in [0.2, 0.25) is 0 Å². The third-order valence-electron chi connectivity index (χ3n) is 4.86. The van der Waals surface area contributed by atoms with Crippen molar-refractivity contribution in [3.05, 3.63) is 103 Å². The van der Waals surface area contributed by atoms with Gasteiger partial charge in [-0.1, -0.05) is 54.1 Å². The quantitative estimate of drug-likeness (QED) is 0.186. The molecule has 0 fully saturated rings. The summed E-state index contributed by atoms with van der Waals surface area (Å²) in [6.07, 6.45) is 0. The summed E-state index contributed by atoms with van der Waals surface area (Å²) in [5.41, 5.74) is 3.29. The number of nitrogens with one attached hydrogen (secondary N) is 1. The average Bonchev–Trinajstić information content (AvgIpc) is 3.51. The molecule has 6 aromatic rings.